The van der Waals surface area contributed by atoms with Crippen molar-refractivity contribution in [2.24, 2.45) is 0 Å². The third kappa shape index (κ3) is 4.34. The molecule has 2 aromatic carbocycles. The van der Waals surface area contributed by atoms with E-state index in [4.69, 9.17) is 18.9 Å². The van der Waals surface area contributed by atoms with Crippen molar-refractivity contribution in [2.45, 2.75) is 25.7 Å². The summed E-state index contributed by atoms with van der Waals surface area (Å²) in [7, 11) is 3.20. The van der Waals surface area contributed by atoms with Crippen LogP contribution < -0.4 is 9.47 Å². The third-order valence-electron chi connectivity index (χ3n) is 4.74. The van der Waals surface area contributed by atoms with E-state index < -0.39 is 0 Å². The molecule has 3 rings (SSSR count). The summed E-state index contributed by atoms with van der Waals surface area (Å²) in [5.41, 5.74) is 1.89. The molecule has 1 fully saturated rings. The molecule has 1 amide bonds. The summed E-state index contributed by atoms with van der Waals surface area (Å²) in [6, 6.07) is 15.1. The van der Waals surface area contributed by atoms with Gasteiger partial charge in [-0.1, -0.05) is 36.4 Å². The molecule has 0 N–H and O–H groups in total. The van der Waals surface area contributed by atoms with E-state index in [2.05, 4.69) is 0 Å². The van der Waals surface area contributed by atoms with Crippen LogP contribution in [-0.4, -0.2) is 44.4 Å². The van der Waals surface area contributed by atoms with Crippen molar-refractivity contribution >= 4 is 6.09 Å². The molecular weight excluding hydrogens is 346 g/mol. The molecule has 1 aliphatic heterocycles. The molecule has 0 saturated carbocycles. The van der Waals surface area contributed by atoms with Gasteiger partial charge in [-0.3, -0.25) is 0 Å². The second kappa shape index (κ2) is 8.77. The van der Waals surface area contributed by atoms with Crippen LogP contribution >= 0.6 is 0 Å². The number of amides is 1. The minimum atomic E-state index is -0.333. The fourth-order valence-electron chi connectivity index (χ4n) is 3.25. The first kappa shape index (κ1) is 19.0. The SMILES string of the molecule is COc1ccc([C@H]2OCCN(C(=O)OCc3ccccc3)[C@H]2C)cc1OC. The van der Waals surface area contributed by atoms with E-state index in [1.165, 1.54) is 0 Å². The minimum absolute atomic E-state index is 0.167. The molecule has 0 radical (unpaired) electrons. The van der Waals surface area contributed by atoms with Gasteiger partial charge in [0.15, 0.2) is 11.5 Å². The van der Waals surface area contributed by atoms with Gasteiger partial charge in [0.1, 0.15) is 12.7 Å². The number of carbonyl (C=O) groups is 1. The Hall–Kier alpha value is -2.73. The highest BCUT2D eigenvalue weighted by molar-refractivity contribution is 5.68. The highest BCUT2D eigenvalue weighted by atomic mass is 16.6. The van der Waals surface area contributed by atoms with Crippen molar-refractivity contribution in [3.8, 4) is 11.5 Å². The van der Waals surface area contributed by atoms with Crippen molar-refractivity contribution in [3.05, 3.63) is 59.7 Å². The average molecular weight is 371 g/mol. The maximum Gasteiger partial charge on any atom is 0.410 e. The zero-order valence-electron chi connectivity index (χ0n) is 15.9. The number of carbonyl (C=O) groups excluding carboxylic acids is 1. The molecule has 27 heavy (non-hydrogen) atoms. The number of benzene rings is 2. The number of rotatable bonds is 5. The fourth-order valence-corrected chi connectivity index (χ4v) is 3.25. The molecular formula is C21H25NO5. The highest BCUT2D eigenvalue weighted by Gasteiger charge is 2.34. The smallest absolute Gasteiger partial charge is 0.410 e. The normalized spacial score (nSPS) is 19.4. The lowest BCUT2D eigenvalue weighted by Gasteiger charge is -2.38. The zero-order valence-corrected chi connectivity index (χ0v) is 15.9. The predicted octanol–water partition coefficient (Wildman–Crippen LogP) is 3.80. The topological polar surface area (TPSA) is 57.2 Å². The van der Waals surface area contributed by atoms with Crippen molar-refractivity contribution in [1.29, 1.82) is 0 Å². The van der Waals surface area contributed by atoms with Crippen molar-refractivity contribution in [2.75, 3.05) is 27.4 Å². The van der Waals surface area contributed by atoms with Gasteiger partial charge in [-0.25, -0.2) is 4.79 Å². The number of hydrogen-bond donors (Lipinski definition) is 0. The average Bonchev–Trinajstić information content (AvgIpc) is 2.72. The molecule has 0 aromatic heterocycles. The van der Waals surface area contributed by atoms with Crippen LogP contribution in [-0.2, 0) is 16.1 Å². The Labute approximate surface area is 159 Å². The number of morpholine rings is 1. The van der Waals surface area contributed by atoms with Crippen molar-refractivity contribution < 1.29 is 23.7 Å². The van der Waals surface area contributed by atoms with E-state index in [1.54, 1.807) is 19.1 Å². The van der Waals surface area contributed by atoms with E-state index in [9.17, 15) is 4.79 Å². The van der Waals surface area contributed by atoms with Crippen LogP contribution in [0.4, 0.5) is 4.79 Å². The van der Waals surface area contributed by atoms with E-state index in [-0.39, 0.29) is 24.8 Å². The maximum absolute atomic E-state index is 12.6. The molecule has 1 aliphatic rings. The zero-order chi connectivity index (χ0) is 19.2. The van der Waals surface area contributed by atoms with E-state index in [0.717, 1.165) is 11.1 Å². The molecule has 1 saturated heterocycles. The molecule has 0 unspecified atom stereocenters. The van der Waals surface area contributed by atoms with Gasteiger partial charge in [0.05, 0.1) is 26.9 Å². The van der Waals surface area contributed by atoms with Crippen molar-refractivity contribution in [1.82, 2.24) is 4.90 Å². The Morgan fingerprint density at radius 3 is 2.56 bits per heavy atom. The van der Waals surface area contributed by atoms with Crippen LogP contribution in [0, 0.1) is 0 Å². The monoisotopic (exact) mass is 371 g/mol. The standard InChI is InChI=1S/C21H25NO5/c1-15-20(17-9-10-18(24-2)19(13-17)25-3)26-12-11-22(15)21(23)27-14-16-7-5-4-6-8-16/h4-10,13,15,20H,11-12,14H2,1-3H3/t15-,20-/m0/s1. The number of methoxy groups -OCH3 is 2. The Morgan fingerprint density at radius 1 is 1.11 bits per heavy atom. The van der Waals surface area contributed by atoms with Gasteiger partial charge < -0.3 is 23.8 Å². The lowest BCUT2D eigenvalue weighted by molar-refractivity contribution is -0.0625. The molecule has 6 heteroatoms. The first-order valence-corrected chi connectivity index (χ1v) is 8.95. The van der Waals surface area contributed by atoms with E-state index in [1.807, 2.05) is 55.5 Å². The number of ether oxygens (including phenoxy) is 4. The molecule has 144 valence electrons. The summed E-state index contributed by atoms with van der Waals surface area (Å²) >= 11 is 0. The minimum Gasteiger partial charge on any atom is -0.493 e. The largest absolute Gasteiger partial charge is 0.493 e. The molecule has 0 spiro atoms. The molecule has 2 atom stereocenters. The molecule has 0 bridgehead atoms. The molecule has 1 heterocycles. The lowest BCUT2D eigenvalue weighted by Crippen LogP contribution is -2.48. The lowest BCUT2D eigenvalue weighted by atomic mass is 10.0. The second-order valence-electron chi connectivity index (χ2n) is 6.38. The number of hydrogen-bond acceptors (Lipinski definition) is 5. The summed E-state index contributed by atoms with van der Waals surface area (Å²) in [6.07, 6.45) is -0.594. The predicted molar refractivity (Wildman–Crippen MR) is 101 cm³/mol. The third-order valence-corrected chi connectivity index (χ3v) is 4.74. The highest BCUT2D eigenvalue weighted by Crippen LogP contribution is 2.35. The van der Waals surface area contributed by atoms with Crippen LogP contribution in [0.15, 0.2) is 48.5 Å². The van der Waals surface area contributed by atoms with E-state index >= 15 is 0 Å². The summed E-state index contributed by atoms with van der Waals surface area (Å²) < 4.78 is 22.1. The summed E-state index contributed by atoms with van der Waals surface area (Å²) in [4.78, 5) is 14.3. The van der Waals surface area contributed by atoms with Gasteiger partial charge in [0, 0.05) is 6.54 Å². The quantitative estimate of drug-likeness (QED) is 0.800. The molecule has 2 aromatic rings. The van der Waals surface area contributed by atoms with Gasteiger partial charge in [-0.2, -0.15) is 0 Å². The van der Waals surface area contributed by atoms with Crippen LogP contribution in [0.1, 0.15) is 24.2 Å². The van der Waals surface area contributed by atoms with Gasteiger partial charge in [-0.05, 0) is 30.2 Å². The van der Waals surface area contributed by atoms with Crippen LogP contribution in [0.25, 0.3) is 0 Å². The second-order valence-corrected chi connectivity index (χ2v) is 6.38. The van der Waals surface area contributed by atoms with Crippen LogP contribution in [0.2, 0.25) is 0 Å². The van der Waals surface area contributed by atoms with Gasteiger partial charge in [0.25, 0.3) is 0 Å². The Balaban J connectivity index is 1.69. The van der Waals surface area contributed by atoms with Crippen LogP contribution in [0.3, 0.4) is 0 Å². The van der Waals surface area contributed by atoms with Crippen LogP contribution in [0.5, 0.6) is 11.5 Å². The van der Waals surface area contributed by atoms with E-state index in [0.29, 0.717) is 24.7 Å². The van der Waals surface area contributed by atoms with Crippen molar-refractivity contribution in [3.63, 3.8) is 0 Å². The maximum atomic E-state index is 12.6. The molecule has 0 aliphatic carbocycles. The summed E-state index contributed by atoms with van der Waals surface area (Å²) in [5, 5.41) is 0. The fraction of sp³-hybridized carbons (Fsp3) is 0.381. The van der Waals surface area contributed by atoms with Gasteiger partial charge in [-0.15, -0.1) is 0 Å². The van der Waals surface area contributed by atoms with Gasteiger partial charge in [0.2, 0.25) is 0 Å². The number of nitrogens with zero attached hydrogens (tertiary/aromatic N) is 1. The van der Waals surface area contributed by atoms with Gasteiger partial charge >= 0.3 is 6.09 Å². The first-order valence-electron chi connectivity index (χ1n) is 8.95. The Bertz CT molecular complexity index is 764. The molecule has 6 nitrogen and oxygen atoms in total. The Kier molecular flexibility index (Phi) is 6.19. The first-order chi connectivity index (χ1) is 13.1. The summed E-state index contributed by atoms with van der Waals surface area (Å²) in [6.45, 7) is 3.16. The summed E-state index contributed by atoms with van der Waals surface area (Å²) in [5.74, 6) is 1.29. The Morgan fingerprint density at radius 2 is 1.85 bits per heavy atom.